The monoisotopic (exact) mass is 550 g/mol. The van der Waals surface area contributed by atoms with E-state index in [1.807, 2.05) is 13.0 Å². The number of quaternary nitrogens is 2. The lowest BCUT2D eigenvalue weighted by Crippen LogP contribution is -3.00. The smallest absolute Gasteiger partial charge is 0.165 e. The van der Waals surface area contributed by atoms with Crippen LogP contribution < -0.4 is 52.7 Å². The molecular formula is C17H29FI2N2O. The van der Waals surface area contributed by atoms with Gasteiger partial charge in [0.25, 0.3) is 0 Å². The number of hydrogen-bond donors (Lipinski definition) is 0. The summed E-state index contributed by atoms with van der Waals surface area (Å²) in [5.41, 5.74) is 0.923. The fourth-order valence-corrected chi connectivity index (χ4v) is 2.83. The van der Waals surface area contributed by atoms with Gasteiger partial charge in [-0.1, -0.05) is 6.07 Å². The minimum absolute atomic E-state index is 0. The number of benzene rings is 1. The van der Waals surface area contributed by atoms with Gasteiger partial charge < -0.3 is 61.7 Å². The third-order valence-corrected chi connectivity index (χ3v) is 5.10. The lowest BCUT2D eigenvalue weighted by Gasteiger charge is -2.45. The van der Waals surface area contributed by atoms with Crippen molar-refractivity contribution in [2.75, 3.05) is 60.0 Å². The maximum absolute atomic E-state index is 13.7. The first kappa shape index (κ1) is 23.3. The molecule has 1 heterocycles. The van der Waals surface area contributed by atoms with Crippen LogP contribution in [-0.2, 0) is 0 Å². The van der Waals surface area contributed by atoms with Crippen molar-refractivity contribution in [3.8, 4) is 5.75 Å². The zero-order chi connectivity index (χ0) is 15.5. The normalized spacial score (nSPS) is 26.8. The molecule has 0 atom stereocenters. The molecule has 1 fully saturated rings. The van der Waals surface area contributed by atoms with Crippen LogP contribution in [0.5, 0.6) is 5.75 Å². The van der Waals surface area contributed by atoms with Gasteiger partial charge in [-0.2, -0.15) is 0 Å². The Morgan fingerprint density at radius 2 is 1.61 bits per heavy atom. The number of piperazine rings is 1. The van der Waals surface area contributed by atoms with Crippen molar-refractivity contribution >= 4 is 0 Å². The molecule has 23 heavy (non-hydrogen) atoms. The summed E-state index contributed by atoms with van der Waals surface area (Å²) in [6.07, 6.45) is 0. The van der Waals surface area contributed by atoms with Crippen molar-refractivity contribution < 1.29 is 66.0 Å². The molecule has 0 bridgehead atoms. The molecule has 0 aliphatic carbocycles. The van der Waals surface area contributed by atoms with Crippen molar-refractivity contribution in [3.63, 3.8) is 0 Å². The zero-order valence-corrected chi connectivity index (χ0v) is 18.9. The molecule has 1 aromatic carbocycles. The number of halogens is 3. The van der Waals surface area contributed by atoms with E-state index in [1.165, 1.54) is 43.3 Å². The summed E-state index contributed by atoms with van der Waals surface area (Å²) < 4.78 is 21.6. The Morgan fingerprint density at radius 3 is 2.13 bits per heavy atom. The maximum atomic E-state index is 13.7. The Bertz CT molecular complexity index is 491. The van der Waals surface area contributed by atoms with Crippen LogP contribution in [0.2, 0.25) is 0 Å². The van der Waals surface area contributed by atoms with Crippen LogP contribution in [0, 0.1) is 12.7 Å². The van der Waals surface area contributed by atoms with E-state index in [0.717, 1.165) is 16.6 Å². The zero-order valence-electron chi connectivity index (χ0n) is 14.6. The van der Waals surface area contributed by atoms with Crippen LogP contribution in [0.4, 0.5) is 4.39 Å². The number of aryl methyl sites for hydroxylation is 1. The Morgan fingerprint density at radius 1 is 1.04 bits per heavy atom. The van der Waals surface area contributed by atoms with Gasteiger partial charge in [0.15, 0.2) is 11.6 Å². The van der Waals surface area contributed by atoms with Gasteiger partial charge in [0.05, 0.1) is 20.6 Å². The minimum atomic E-state index is -0.258. The summed E-state index contributed by atoms with van der Waals surface area (Å²) >= 11 is 0. The van der Waals surface area contributed by atoms with Crippen LogP contribution in [0.15, 0.2) is 18.2 Å². The van der Waals surface area contributed by atoms with Crippen molar-refractivity contribution in [2.45, 2.75) is 13.8 Å². The summed E-state index contributed by atoms with van der Waals surface area (Å²) in [5.74, 6) is 0.116. The minimum Gasteiger partial charge on any atom is -1.00 e. The Hall–Kier alpha value is 0.330. The highest BCUT2D eigenvalue weighted by molar-refractivity contribution is 5.28. The number of nitrogens with zero attached hydrogens (tertiary/aromatic N) is 2. The fourth-order valence-electron chi connectivity index (χ4n) is 2.83. The van der Waals surface area contributed by atoms with Gasteiger partial charge in [0, 0.05) is 0 Å². The van der Waals surface area contributed by atoms with Gasteiger partial charge in [0.2, 0.25) is 0 Å². The van der Waals surface area contributed by atoms with E-state index in [-0.39, 0.29) is 53.8 Å². The molecule has 0 aromatic heterocycles. The van der Waals surface area contributed by atoms with Crippen LogP contribution in [0.3, 0.4) is 0 Å². The molecule has 0 spiro atoms. The van der Waals surface area contributed by atoms with E-state index in [2.05, 4.69) is 21.0 Å². The highest BCUT2D eigenvalue weighted by Gasteiger charge is 2.35. The molecular weight excluding hydrogens is 521 g/mol. The molecule has 3 nitrogen and oxygen atoms in total. The first-order valence-corrected chi connectivity index (χ1v) is 7.92. The Kier molecular flexibility index (Phi) is 9.86. The second-order valence-electron chi connectivity index (χ2n) is 6.96. The second kappa shape index (κ2) is 9.72. The summed E-state index contributed by atoms with van der Waals surface area (Å²) in [7, 11) is 4.62. The lowest BCUT2D eigenvalue weighted by atomic mass is 10.2. The standard InChI is InChI=1S/C17H29FN2O.2HI/c1-5-19(3)8-10-20(4,11-9-19)12-13-21-17-7-6-15(2)14-16(17)18;;/h6-7,14H,5,8-13H2,1-4H3;2*1H/q+2;;/p-2. The van der Waals surface area contributed by atoms with Crippen molar-refractivity contribution in [1.82, 2.24) is 0 Å². The van der Waals surface area contributed by atoms with E-state index >= 15 is 0 Å². The van der Waals surface area contributed by atoms with Gasteiger partial charge in [-0.25, -0.2) is 4.39 Å². The van der Waals surface area contributed by atoms with E-state index in [9.17, 15) is 4.39 Å². The molecule has 0 N–H and O–H groups in total. The molecule has 0 unspecified atom stereocenters. The number of ether oxygens (including phenoxy) is 1. The van der Waals surface area contributed by atoms with Gasteiger partial charge in [-0.05, 0) is 31.5 Å². The number of hydrogen-bond acceptors (Lipinski definition) is 1. The first-order chi connectivity index (χ1) is 9.86. The molecule has 0 radical (unpaired) electrons. The second-order valence-corrected chi connectivity index (χ2v) is 6.96. The summed E-state index contributed by atoms with van der Waals surface area (Å²) in [6.45, 7) is 11.6. The van der Waals surface area contributed by atoms with Crippen LogP contribution in [-0.4, -0.2) is 68.9 Å². The maximum Gasteiger partial charge on any atom is 0.165 e. The molecule has 0 saturated carbocycles. The Balaban J connectivity index is 0.00000242. The third kappa shape index (κ3) is 6.62. The number of rotatable bonds is 5. The van der Waals surface area contributed by atoms with E-state index in [4.69, 9.17) is 4.74 Å². The highest BCUT2D eigenvalue weighted by atomic mass is 127. The van der Waals surface area contributed by atoms with Crippen molar-refractivity contribution in [1.29, 1.82) is 0 Å². The summed E-state index contributed by atoms with van der Waals surface area (Å²) in [4.78, 5) is 0. The molecule has 1 aromatic rings. The van der Waals surface area contributed by atoms with Gasteiger partial charge in [-0.15, -0.1) is 0 Å². The molecule has 1 saturated heterocycles. The molecule has 134 valence electrons. The van der Waals surface area contributed by atoms with Crippen LogP contribution in [0.25, 0.3) is 0 Å². The average Bonchev–Trinajstić information content (AvgIpc) is 2.45. The molecule has 2 rings (SSSR count). The van der Waals surface area contributed by atoms with Gasteiger partial charge in [-0.3, -0.25) is 0 Å². The molecule has 0 amide bonds. The van der Waals surface area contributed by atoms with E-state index < -0.39 is 0 Å². The topological polar surface area (TPSA) is 9.23 Å². The first-order valence-electron chi connectivity index (χ1n) is 7.92. The quantitative estimate of drug-likeness (QED) is 0.273. The molecule has 1 aliphatic heterocycles. The molecule has 6 heteroatoms. The van der Waals surface area contributed by atoms with Crippen LogP contribution in [0.1, 0.15) is 12.5 Å². The van der Waals surface area contributed by atoms with Crippen molar-refractivity contribution in [2.24, 2.45) is 0 Å². The van der Waals surface area contributed by atoms with E-state index in [1.54, 1.807) is 6.07 Å². The summed E-state index contributed by atoms with van der Waals surface area (Å²) in [6, 6.07) is 5.14. The molecule has 1 aliphatic rings. The average molecular weight is 550 g/mol. The van der Waals surface area contributed by atoms with E-state index in [0.29, 0.717) is 12.4 Å². The van der Waals surface area contributed by atoms with Crippen molar-refractivity contribution in [3.05, 3.63) is 29.6 Å². The number of likely N-dealkylation sites (N-methyl/N-ethyl adjacent to an activating group) is 2. The predicted molar refractivity (Wildman–Crippen MR) is 83.9 cm³/mol. The Labute approximate surface area is 174 Å². The largest absolute Gasteiger partial charge is 1.00 e. The lowest BCUT2D eigenvalue weighted by molar-refractivity contribution is -1.01. The fraction of sp³-hybridized carbons (Fsp3) is 0.647. The predicted octanol–water partition coefficient (Wildman–Crippen LogP) is -3.55. The summed E-state index contributed by atoms with van der Waals surface area (Å²) in [5, 5.41) is 0. The third-order valence-electron chi connectivity index (χ3n) is 5.10. The highest BCUT2D eigenvalue weighted by Crippen LogP contribution is 2.19. The van der Waals surface area contributed by atoms with Crippen LogP contribution >= 0.6 is 0 Å². The SMILES string of the molecule is CC[N+]1(C)CC[N+](C)(CCOc2ccc(C)cc2F)CC1.[I-].[I-]. The van der Waals surface area contributed by atoms with Gasteiger partial charge in [0.1, 0.15) is 39.3 Å². The van der Waals surface area contributed by atoms with Gasteiger partial charge >= 0.3 is 0 Å².